The van der Waals surface area contributed by atoms with Gasteiger partial charge in [-0.2, -0.15) is 13.2 Å². The smallest absolute Gasteiger partial charge is 0.451 e. The topological polar surface area (TPSA) is 95.2 Å². The maximum absolute atomic E-state index is 13.0. The van der Waals surface area contributed by atoms with Crippen LogP contribution in [0.4, 0.5) is 13.2 Å². The molecule has 0 fully saturated rings. The van der Waals surface area contributed by atoms with Crippen LogP contribution in [-0.4, -0.2) is 30.7 Å². The van der Waals surface area contributed by atoms with Gasteiger partial charge in [-0.1, -0.05) is 18.2 Å². The van der Waals surface area contributed by atoms with Crippen molar-refractivity contribution in [2.24, 2.45) is 5.14 Å². The molecule has 148 valence electrons. The van der Waals surface area contributed by atoms with Gasteiger partial charge in [-0.3, -0.25) is 0 Å². The molecule has 3 aromatic rings. The zero-order chi connectivity index (χ0) is 20.4. The fraction of sp³-hybridized carbons (Fsp3) is 0.176. The summed E-state index contributed by atoms with van der Waals surface area (Å²) in [5, 5.41) is 5.76. The molecule has 2 N–H and O–H groups in total. The molecule has 0 aliphatic rings. The Hall–Kier alpha value is -2.37. The van der Waals surface area contributed by atoms with Crippen molar-refractivity contribution in [3.8, 4) is 5.75 Å². The van der Waals surface area contributed by atoms with Crippen molar-refractivity contribution >= 4 is 32.7 Å². The van der Waals surface area contributed by atoms with Crippen molar-refractivity contribution in [1.29, 1.82) is 0 Å². The third-order valence-electron chi connectivity index (χ3n) is 3.56. The average Bonchev–Trinajstić information content (AvgIpc) is 2.64. The summed E-state index contributed by atoms with van der Waals surface area (Å²) in [5.41, 5.74) is 0.215. The molecule has 1 aromatic heterocycles. The molecule has 0 radical (unpaired) electrons. The van der Waals surface area contributed by atoms with Crippen molar-refractivity contribution in [2.75, 3.05) is 12.4 Å². The van der Waals surface area contributed by atoms with Gasteiger partial charge in [0.15, 0.2) is 0 Å². The van der Waals surface area contributed by atoms with E-state index in [1.54, 1.807) is 18.2 Å². The lowest BCUT2D eigenvalue weighted by atomic mass is 10.2. The Morgan fingerprint density at radius 3 is 2.36 bits per heavy atom. The van der Waals surface area contributed by atoms with E-state index in [0.717, 1.165) is 11.8 Å². The molecule has 1 heterocycles. The number of thioether (sulfide) groups is 1. The maximum atomic E-state index is 13.0. The van der Waals surface area contributed by atoms with Gasteiger partial charge in [0, 0.05) is 11.1 Å². The van der Waals surface area contributed by atoms with Crippen LogP contribution >= 0.6 is 11.8 Å². The summed E-state index contributed by atoms with van der Waals surface area (Å²) in [5.74, 6) is -0.445. The molecule has 0 bridgehead atoms. The summed E-state index contributed by atoms with van der Waals surface area (Å²) < 4.78 is 66.9. The predicted octanol–water partition coefficient (Wildman–Crippen LogP) is 3.47. The minimum atomic E-state index is -4.64. The lowest BCUT2D eigenvalue weighted by Gasteiger charge is -2.11. The van der Waals surface area contributed by atoms with Crippen LogP contribution in [0.5, 0.6) is 5.75 Å². The molecule has 0 spiro atoms. The molecule has 0 aliphatic heterocycles. The van der Waals surface area contributed by atoms with Crippen LogP contribution in [0.3, 0.4) is 0 Å². The van der Waals surface area contributed by atoms with E-state index in [1.165, 1.54) is 30.3 Å². The molecule has 0 aliphatic carbocycles. The highest BCUT2D eigenvalue weighted by Crippen LogP contribution is 2.32. The van der Waals surface area contributed by atoms with Crippen molar-refractivity contribution in [2.45, 2.75) is 16.1 Å². The molecule has 0 atom stereocenters. The van der Waals surface area contributed by atoms with Crippen LogP contribution in [0.1, 0.15) is 5.82 Å². The van der Waals surface area contributed by atoms with Gasteiger partial charge >= 0.3 is 6.18 Å². The summed E-state index contributed by atoms with van der Waals surface area (Å²) in [6.07, 6.45) is -4.64. The number of rotatable bonds is 6. The van der Waals surface area contributed by atoms with Gasteiger partial charge in [-0.05, 0) is 30.3 Å². The van der Waals surface area contributed by atoms with E-state index in [1.807, 2.05) is 0 Å². The van der Waals surface area contributed by atoms with Crippen molar-refractivity contribution in [3.05, 3.63) is 54.4 Å². The Labute approximate surface area is 163 Å². The normalized spacial score (nSPS) is 12.3. The zero-order valence-electron chi connectivity index (χ0n) is 14.2. The Morgan fingerprint density at radius 2 is 1.71 bits per heavy atom. The average molecular weight is 429 g/mol. The number of hydrogen-bond acceptors (Lipinski definition) is 6. The summed E-state index contributed by atoms with van der Waals surface area (Å²) in [7, 11) is -3.78. The number of benzene rings is 2. The Bertz CT molecular complexity index is 1090. The molecule has 0 saturated carbocycles. The number of para-hydroxylation sites is 1. The second-order valence-corrected chi connectivity index (χ2v) is 8.23. The third kappa shape index (κ3) is 4.91. The highest BCUT2D eigenvalue weighted by Gasteiger charge is 2.35. The number of primary sulfonamides is 1. The van der Waals surface area contributed by atoms with Gasteiger partial charge in [0.25, 0.3) is 0 Å². The first kappa shape index (κ1) is 20.4. The minimum Gasteiger partial charge on any atom is -0.493 e. The highest BCUT2D eigenvalue weighted by atomic mass is 32.2. The van der Waals surface area contributed by atoms with Crippen molar-refractivity contribution < 1.29 is 26.3 Å². The first-order valence-corrected chi connectivity index (χ1v) is 10.4. The van der Waals surface area contributed by atoms with Gasteiger partial charge < -0.3 is 4.74 Å². The first-order chi connectivity index (χ1) is 13.1. The minimum absolute atomic E-state index is 0.0404. The number of ether oxygens (including phenoxy) is 1. The number of alkyl halides is 3. The van der Waals surface area contributed by atoms with Crippen LogP contribution in [0.25, 0.3) is 10.9 Å². The Balaban J connectivity index is 1.68. The van der Waals surface area contributed by atoms with Crippen LogP contribution in [0, 0.1) is 0 Å². The number of nitrogens with zero attached hydrogens (tertiary/aromatic N) is 2. The predicted molar refractivity (Wildman–Crippen MR) is 98.6 cm³/mol. The summed E-state index contributed by atoms with van der Waals surface area (Å²) >= 11 is 1.11. The largest absolute Gasteiger partial charge is 0.493 e. The maximum Gasteiger partial charge on any atom is 0.451 e. The van der Waals surface area contributed by atoms with Gasteiger partial charge in [-0.15, -0.1) is 11.8 Å². The van der Waals surface area contributed by atoms with Crippen LogP contribution in [0.15, 0.2) is 58.5 Å². The summed E-state index contributed by atoms with van der Waals surface area (Å²) in [4.78, 5) is 7.18. The van der Waals surface area contributed by atoms with E-state index < -0.39 is 22.0 Å². The SMILES string of the molecule is NS(=O)(=O)c1ccc(OCCSc2nc(C(F)(F)F)nc3ccccc23)cc1. The molecular formula is C17H14F3N3O3S2. The van der Waals surface area contributed by atoms with E-state index in [9.17, 15) is 21.6 Å². The fourth-order valence-electron chi connectivity index (χ4n) is 2.31. The molecule has 11 heteroatoms. The van der Waals surface area contributed by atoms with E-state index in [0.29, 0.717) is 16.9 Å². The number of sulfonamides is 1. The van der Waals surface area contributed by atoms with Crippen LogP contribution in [-0.2, 0) is 16.2 Å². The molecule has 28 heavy (non-hydrogen) atoms. The van der Waals surface area contributed by atoms with Crippen molar-refractivity contribution in [3.63, 3.8) is 0 Å². The summed E-state index contributed by atoms with van der Waals surface area (Å²) in [6.45, 7) is 0.180. The molecule has 3 rings (SSSR count). The van der Waals surface area contributed by atoms with Gasteiger partial charge in [0.2, 0.25) is 15.8 Å². The van der Waals surface area contributed by atoms with Gasteiger partial charge in [0.1, 0.15) is 10.8 Å². The van der Waals surface area contributed by atoms with Gasteiger partial charge in [-0.25, -0.2) is 23.5 Å². The monoisotopic (exact) mass is 429 g/mol. The lowest BCUT2D eigenvalue weighted by Crippen LogP contribution is -2.12. The number of nitrogens with two attached hydrogens (primary N) is 1. The Morgan fingerprint density at radius 1 is 1.04 bits per heavy atom. The number of halogens is 3. The second-order valence-electron chi connectivity index (χ2n) is 5.58. The molecule has 0 amide bonds. The standard InChI is InChI=1S/C17H14F3N3O3S2/c18-17(19,20)16-22-14-4-2-1-3-13(14)15(23-16)27-10-9-26-11-5-7-12(8-6-11)28(21,24)25/h1-8H,9-10H2,(H2,21,24,25). The molecular weight excluding hydrogens is 415 g/mol. The molecule has 6 nitrogen and oxygen atoms in total. The first-order valence-electron chi connectivity index (χ1n) is 7.87. The zero-order valence-corrected chi connectivity index (χ0v) is 15.8. The van der Waals surface area contributed by atoms with E-state index >= 15 is 0 Å². The number of aromatic nitrogens is 2. The van der Waals surface area contributed by atoms with Gasteiger partial charge in [0.05, 0.1) is 17.0 Å². The fourth-order valence-corrected chi connectivity index (χ4v) is 3.66. The molecule has 0 saturated heterocycles. The van der Waals surface area contributed by atoms with E-state index in [2.05, 4.69) is 9.97 Å². The highest BCUT2D eigenvalue weighted by molar-refractivity contribution is 7.99. The number of fused-ring (bicyclic) bond motifs is 1. The summed E-state index contributed by atoms with van der Waals surface area (Å²) in [6, 6.07) is 12.0. The van der Waals surface area contributed by atoms with E-state index in [4.69, 9.17) is 9.88 Å². The molecule has 2 aromatic carbocycles. The third-order valence-corrected chi connectivity index (χ3v) is 5.45. The van der Waals surface area contributed by atoms with Crippen LogP contribution in [0.2, 0.25) is 0 Å². The second kappa shape index (κ2) is 7.94. The molecule has 0 unspecified atom stereocenters. The lowest BCUT2D eigenvalue weighted by molar-refractivity contribution is -0.145. The quantitative estimate of drug-likeness (QED) is 0.366. The number of hydrogen-bond donors (Lipinski definition) is 1. The van der Waals surface area contributed by atoms with Crippen LogP contribution < -0.4 is 9.88 Å². The van der Waals surface area contributed by atoms with Crippen molar-refractivity contribution in [1.82, 2.24) is 9.97 Å². The van der Waals surface area contributed by atoms with E-state index in [-0.39, 0.29) is 22.0 Å². The Kier molecular flexibility index (Phi) is 5.77.